The zero-order valence-electron chi connectivity index (χ0n) is 16.2. The molecule has 2 aliphatic rings. The summed E-state index contributed by atoms with van der Waals surface area (Å²) in [5, 5.41) is 7.78. The molecule has 1 atom stereocenters. The van der Waals surface area contributed by atoms with E-state index < -0.39 is 41.0 Å². The Morgan fingerprint density at radius 3 is 2.84 bits per heavy atom. The third-order valence-electron chi connectivity index (χ3n) is 5.12. The van der Waals surface area contributed by atoms with Gasteiger partial charge < -0.3 is 18.9 Å². The molecule has 0 aliphatic carbocycles. The van der Waals surface area contributed by atoms with Gasteiger partial charge in [-0.25, -0.2) is 18.0 Å². The van der Waals surface area contributed by atoms with Crippen LogP contribution in [0.3, 0.4) is 0 Å². The highest BCUT2D eigenvalue weighted by Gasteiger charge is 2.37. The maximum Gasteiger partial charge on any atom is 0.414 e. The molecule has 0 spiro atoms. The lowest BCUT2D eigenvalue weighted by Crippen LogP contribution is -2.28. The maximum atomic E-state index is 14.9. The Balaban J connectivity index is 1.35. The van der Waals surface area contributed by atoms with E-state index in [4.69, 9.17) is 9.47 Å². The fourth-order valence-corrected chi connectivity index (χ4v) is 3.77. The zero-order valence-corrected chi connectivity index (χ0v) is 16.2. The molecule has 5 rings (SSSR count). The van der Waals surface area contributed by atoms with Gasteiger partial charge in [-0.3, -0.25) is 9.58 Å². The number of carbonyl (C=O) groups excluding carboxylic acids is 1. The SMILES string of the molecule is Cn1cc2c(n1)CN(c1c(F)cc(N3C[C@H](COc4ccon4)OC3=O)c(F)c1F)C2. The van der Waals surface area contributed by atoms with Gasteiger partial charge in [0.2, 0.25) is 0 Å². The van der Waals surface area contributed by atoms with E-state index in [9.17, 15) is 18.0 Å². The number of cyclic esters (lactones) is 1. The van der Waals surface area contributed by atoms with Gasteiger partial charge >= 0.3 is 6.09 Å². The second-order valence-electron chi connectivity index (χ2n) is 7.25. The summed E-state index contributed by atoms with van der Waals surface area (Å²) in [5.74, 6) is -3.52. The van der Waals surface area contributed by atoms with Crippen molar-refractivity contribution in [2.24, 2.45) is 7.05 Å². The highest BCUT2D eigenvalue weighted by Crippen LogP contribution is 2.37. The standard InChI is InChI=1S/C19H16F3N5O4/c1-25-5-10-6-26(8-13(10)23-25)18-12(20)4-14(16(21)17(18)22)27-7-11(31-19(27)28)9-29-15-2-3-30-24-15/h2-5,11H,6-9H2,1H3/t11-/m1/s1. The maximum absolute atomic E-state index is 14.9. The average molecular weight is 435 g/mol. The molecule has 162 valence electrons. The Labute approximate surface area is 173 Å². The van der Waals surface area contributed by atoms with Gasteiger partial charge in [0.1, 0.15) is 18.6 Å². The number of nitrogens with zero attached hydrogens (tertiary/aromatic N) is 5. The largest absolute Gasteiger partial charge is 0.471 e. The first-order chi connectivity index (χ1) is 14.9. The molecule has 1 fully saturated rings. The van der Waals surface area contributed by atoms with Gasteiger partial charge in [0.15, 0.2) is 23.6 Å². The monoisotopic (exact) mass is 435 g/mol. The number of halogens is 3. The number of carbonyl (C=O) groups is 1. The van der Waals surface area contributed by atoms with Gasteiger partial charge in [-0.05, 0) is 5.16 Å². The molecule has 4 heterocycles. The van der Waals surface area contributed by atoms with Crippen LogP contribution in [0.4, 0.5) is 29.3 Å². The smallest absolute Gasteiger partial charge is 0.414 e. The van der Waals surface area contributed by atoms with E-state index >= 15 is 0 Å². The van der Waals surface area contributed by atoms with Crippen molar-refractivity contribution in [2.45, 2.75) is 19.2 Å². The summed E-state index contributed by atoms with van der Waals surface area (Å²) in [6, 6.07) is 2.26. The summed E-state index contributed by atoms with van der Waals surface area (Å²) in [6.07, 6.45) is 1.34. The van der Waals surface area contributed by atoms with E-state index in [-0.39, 0.29) is 32.1 Å². The van der Waals surface area contributed by atoms with Crippen LogP contribution in [0.1, 0.15) is 11.3 Å². The molecule has 2 aliphatic heterocycles. The second kappa shape index (κ2) is 7.22. The lowest BCUT2D eigenvalue weighted by Gasteiger charge is -2.22. The zero-order chi connectivity index (χ0) is 21.7. The highest BCUT2D eigenvalue weighted by molar-refractivity contribution is 5.90. The van der Waals surface area contributed by atoms with Gasteiger partial charge in [-0.2, -0.15) is 5.10 Å². The number of rotatable bonds is 5. The van der Waals surface area contributed by atoms with E-state index in [1.807, 2.05) is 0 Å². The van der Waals surface area contributed by atoms with Crippen LogP contribution in [0.15, 0.2) is 29.1 Å². The molecular weight excluding hydrogens is 419 g/mol. The summed E-state index contributed by atoms with van der Waals surface area (Å²) in [4.78, 5) is 14.4. The van der Waals surface area contributed by atoms with Gasteiger partial charge in [0.05, 0.1) is 24.5 Å². The number of anilines is 2. The van der Waals surface area contributed by atoms with Crippen LogP contribution >= 0.6 is 0 Å². The van der Waals surface area contributed by atoms with Gasteiger partial charge in [0, 0.05) is 37.5 Å². The summed E-state index contributed by atoms with van der Waals surface area (Å²) in [7, 11) is 1.75. The van der Waals surface area contributed by atoms with Crippen molar-refractivity contribution in [1.29, 1.82) is 0 Å². The van der Waals surface area contributed by atoms with E-state index in [1.165, 1.54) is 17.2 Å². The van der Waals surface area contributed by atoms with Crippen LogP contribution < -0.4 is 14.5 Å². The summed E-state index contributed by atoms with van der Waals surface area (Å²) < 4.78 is 61.3. The molecule has 2 aromatic heterocycles. The molecule has 0 radical (unpaired) electrons. The van der Waals surface area contributed by atoms with Crippen molar-refractivity contribution in [1.82, 2.24) is 14.9 Å². The highest BCUT2D eigenvalue weighted by atomic mass is 19.2. The first-order valence-electron chi connectivity index (χ1n) is 9.36. The fourth-order valence-electron chi connectivity index (χ4n) is 3.77. The Morgan fingerprint density at radius 1 is 1.26 bits per heavy atom. The van der Waals surface area contributed by atoms with Crippen LogP contribution in [0.25, 0.3) is 0 Å². The van der Waals surface area contributed by atoms with Crippen LogP contribution in [0, 0.1) is 17.5 Å². The molecule has 0 N–H and O–H groups in total. The average Bonchev–Trinajstić information content (AvgIpc) is 3.48. The van der Waals surface area contributed by atoms with Crippen molar-refractivity contribution in [3.63, 3.8) is 0 Å². The predicted octanol–water partition coefficient (Wildman–Crippen LogP) is 2.75. The van der Waals surface area contributed by atoms with E-state index in [0.29, 0.717) is 5.69 Å². The summed E-state index contributed by atoms with van der Waals surface area (Å²) in [6.45, 7) is 0.115. The molecule has 0 unspecified atom stereocenters. The van der Waals surface area contributed by atoms with Gasteiger partial charge in [-0.15, -0.1) is 0 Å². The minimum absolute atomic E-state index is 0.0844. The predicted molar refractivity (Wildman–Crippen MR) is 99.0 cm³/mol. The van der Waals surface area contributed by atoms with Crippen molar-refractivity contribution in [2.75, 3.05) is 23.0 Å². The van der Waals surface area contributed by atoms with E-state index in [0.717, 1.165) is 16.5 Å². The van der Waals surface area contributed by atoms with Crippen LogP contribution in [-0.2, 0) is 24.9 Å². The first-order valence-corrected chi connectivity index (χ1v) is 9.36. The van der Waals surface area contributed by atoms with Crippen molar-refractivity contribution in [3.8, 4) is 5.88 Å². The normalized spacial score (nSPS) is 17.9. The van der Waals surface area contributed by atoms with Crippen molar-refractivity contribution >= 4 is 17.5 Å². The molecule has 31 heavy (non-hydrogen) atoms. The lowest BCUT2D eigenvalue weighted by atomic mass is 10.2. The van der Waals surface area contributed by atoms with Crippen molar-refractivity contribution < 1.29 is 32.0 Å². The molecule has 12 heteroatoms. The molecule has 1 saturated heterocycles. The molecule has 1 amide bonds. The number of hydrogen-bond donors (Lipinski definition) is 0. The quantitative estimate of drug-likeness (QED) is 0.570. The number of aryl methyl sites for hydroxylation is 1. The van der Waals surface area contributed by atoms with E-state index in [1.54, 1.807) is 17.9 Å². The second-order valence-corrected chi connectivity index (χ2v) is 7.25. The lowest BCUT2D eigenvalue weighted by molar-refractivity contribution is 0.101. The van der Waals surface area contributed by atoms with Crippen LogP contribution in [0.2, 0.25) is 0 Å². The fraction of sp³-hybridized carbons (Fsp3) is 0.316. The number of amides is 1. The Hall–Kier alpha value is -3.70. The molecule has 1 aromatic carbocycles. The number of aromatic nitrogens is 3. The van der Waals surface area contributed by atoms with Crippen LogP contribution in [0.5, 0.6) is 5.88 Å². The molecule has 0 saturated carbocycles. The molecular formula is C19H16F3N5O4. The minimum atomic E-state index is -1.38. The van der Waals surface area contributed by atoms with Crippen LogP contribution in [-0.4, -0.2) is 40.3 Å². The van der Waals surface area contributed by atoms with E-state index in [2.05, 4.69) is 14.8 Å². The minimum Gasteiger partial charge on any atom is -0.471 e. The summed E-state index contributed by atoms with van der Waals surface area (Å²) in [5.41, 5.74) is 0.441. The third-order valence-corrected chi connectivity index (χ3v) is 5.12. The Bertz CT molecular complexity index is 1130. The van der Waals surface area contributed by atoms with Gasteiger partial charge in [0.25, 0.3) is 5.88 Å². The number of ether oxygens (including phenoxy) is 2. The summed E-state index contributed by atoms with van der Waals surface area (Å²) >= 11 is 0. The number of fused-ring (bicyclic) bond motifs is 1. The number of hydrogen-bond acceptors (Lipinski definition) is 7. The topological polar surface area (TPSA) is 85.9 Å². The third kappa shape index (κ3) is 3.33. The van der Waals surface area contributed by atoms with Crippen molar-refractivity contribution in [3.05, 3.63) is 53.3 Å². The first kappa shape index (κ1) is 19.3. The Kier molecular flexibility index (Phi) is 4.49. The number of benzene rings is 1. The molecule has 0 bridgehead atoms. The molecule has 3 aromatic rings. The van der Waals surface area contributed by atoms with Gasteiger partial charge in [-0.1, -0.05) is 0 Å². The Morgan fingerprint density at radius 2 is 2.10 bits per heavy atom. The molecule has 9 nitrogen and oxygen atoms in total.